The third-order valence-corrected chi connectivity index (χ3v) is 3.02. The second-order valence-electron chi connectivity index (χ2n) is 5.79. The molecule has 0 aliphatic carbocycles. The first-order valence-corrected chi connectivity index (χ1v) is 7.86. The van der Waals surface area contributed by atoms with E-state index >= 15 is 0 Å². The lowest BCUT2D eigenvalue weighted by Gasteiger charge is -2.22. The molecule has 0 bridgehead atoms. The van der Waals surface area contributed by atoms with Crippen LogP contribution < -0.4 is 10.2 Å². The van der Waals surface area contributed by atoms with Crippen molar-refractivity contribution in [3.8, 4) is 0 Å². The maximum atomic E-state index is 12.2. The van der Waals surface area contributed by atoms with Crippen molar-refractivity contribution >= 4 is 11.9 Å². The zero-order valence-electron chi connectivity index (χ0n) is 13.9. The summed E-state index contributed by atoms with van der Waals surface area (Å²) in [5.74, 6) is 0.963. The Bertz CT molecular complexity index is 454. The zero-order valence-corrected chi connectivity index (χ0v) is 13.9. The van der Waals surface area contributed by atoms with Crippen LogP contribution in [0, 0.1) is 12.8 Å². The molecule has 0 spiro atoms. The van der Waals surface area contributed by atoms with E-state index in [2.05, 4.69) is 47.9 Å². The number of nitrogens with one attached hydrogen (secondary N) is 1. The Kier molecular flexibility index (Phi) is 7.12. The van der Waals surface area contributed by atoms with E-state index in [0.29, 0.717) is 24.1 Å². The Morgan fingerprint density at radius 2 is 1.86 bits per heavy atom. The van der Waals surface area contributed by atoms with Crippen LogP contribution in [0.1, 0.15) is 56.7 Å². The van der Waals surface area contributed by atoms with Crippen molar-refractivity contribution in [2.45, 2.75) is 47.5 Å². The van der Waals surface area contributed by atoms with Crippen LogP contribution in [-0.4, -0.2) is 35.5 Å². The quantitative estimate of drug-likeness (QED) is 0.800. The van der Waals surface area contributed by atoms with Crippen molar-refractivity contribution in [1.29, 1.82) is 0 Å². The van der Waals surface area contributed by atoms with Crippen LogP contribution >= 0.6 is 0 Å². The van der Waals surface area contributed by atoms with Gasteiger partial charge >= 0.3 is 0 Å². The van der Waals surface area contributed by atoms with Gasteiger partial charge in [-0.1, -0.05) is 27.7 Å². The third-order valence-electron chi connectivity index (χ3n) is 3.02. The minimum absolute atomic E-state index is 0.122. The minimum atomic E-state index is -0.122. The van der Waals surface area contributed by atoms with Crippen molar-refractivity contribution in [2.24, 2.45) is 5.92 Å². The Labute approximate surface area is 128 Å². The second kappa shape index (κ2) is 8.60. The first-order valence-electron chi connectivity index (χ1n) is 7.86. The van der Waals surface area contributed by atoms with Gasteiger partial charge in [0.1, 0.15) is 5.69 Å². The molecule has 0 saturated carbocycles. The van der Waals surface area contributed by atoms with E-state index < -0.39 is 0 Å². The first kappa shape index (κ1) is 17.4. The fourth-order valence-electron chi connectivity index (χ4n) is 2.05. The molecule has 1 N–H and O–H groups in total. The van der Waals surface area contributed by atoms with Gasteiger partial charge in [0.25, 0.3) is 5.91 Å². The van der Waals surface area contributed by atoms with E-state index in [9.17, 15) is 4.79 Å². The monoisotopic (exact) mass is 292 g/mol. The summed E-state index contributed by atoms with van der Waals surface area (Å²) in [6.45, 7) is 12.8. The van der Waals surface area contributed by atoms with Crippen LogP contribution in [0.15, 0.2) is 6.07 Å². The summed E-state index contributed by atoms with van der Waals surface area (Å²) >= 11 is 0. The number of carbonyl (C=O) groups excluding carboxylic acids is 1. The lowest BCUT2D eigenvalue weighted by molar-refractivity contribution is 0.0944. The molecule has 5 heteroatoms. The van der Waals surface area contributed by atoms with E-state index in [1.807, 2.05) is 6.92 Å². The van der Waals surface area contributed by atoms with Gasteiger partial charge in [-0.05, 0) is 31.7 Å². The molecule has 0 unspecified atom stereocenters. The van der Waals surface area contributed by atoms with E-state index in [0.717, 1.165) is 31.6 Å². The summed E-state index contributed by atoms with van der Waals surface area (Å²) in [5.41, 5.74) is 1.28. The number of carbonyl (C=O) groups is 1. The van der Waals surface area contributed by atoms with Crippen LogP contribution in [-0.2, 0) is 0 Å². The molecule has 0 atom stereocenters. The van der Waals surface area contributed by atoms with Gasteiger partial charge in [0, 0.05) is 25.3 Å². The highest BCUT2D eigenvalue weighted by Crippen LogP contribution is 2.12. The summed E-state index contributed by atoms with van der Waals surface area (Å²) in [4.78, 5) is 23.3. The van der Waals surface area contributed by atoms with Crippen molar-refractivity contribution in [3.63, 3.8) is 0 Å². The molecule has 1 aromatic rings. The predicted molar refractivity (Wildman–Crippen MR) is 86.7 cm³/mol. The van der Waals surface area contributed by atoms with Crippen LogP contribution in [0.3, 0.4) is 0 Å². The van der Waals surface area contributed by atoms with Gasteiger partial charge in [0.05, 0.1) is 0 Å². The largest absolute Gasteiger partial charge is 0.350 e. The second-order valence-corrected chi connectivity index (χ2v) is 5.79. The maximum absolute atomic E-state index is 12.2. The molecule has 1 rings (SSSR count). The lowest BCUT2D eigenvalue weighted by atomic mass is 10.2. The summed E-state index contributed by atoms with van der Waals surface area (Å²) < 4.78 is 0. The van der Waals surface area contributed by atoms with Gasteiger partial charge in [-0.2, -0.15) is 0 Å². The summed E-state index contributed by atoms with van der Waals surface area (Å²) in [6, 6.07) is 1.75. The molecule has 0 saturated heterocycles. The summed E-state index contributed by atoms with van der Waals surface area (Å²) in [7, 11) is 0. The van der Waals surface area contributed by atoms with E-state index in [-0.39, 0.29) is 5.91 Å². The van der Waals surface area contributed by atoms with Crippen molar-refractivity contribution in [3.05, 3.63) is 17.5 Å². The molecule has 1 amide bonds. The summed E-state index contributed by atoms with van der Waals surface area (Å²) in [6.07, 6.45) is 2.07. The van der Waals surface area contributed by atoms with Crippen LogP contribution in [0.25, 0.3) is 0 Å². The van der Waals surface area contributed by atoms with Gasteiger partial charge in [-0.15, -0.1) is 0 Å². The fraction of sp³-hybridized carbons (Fsp3) is 0.688. The molecule has 0 aromatic carbocycles. The molecular weight excluding hydrogens is 264 g/mol. The normalized spacial score (nSPS) is 10.8. The predicted octanol–water partition coefficient (Wildman–Crippen LogP) is 2.80. The molecule has 1 heterocycles. The molecule has 21 heavy (non-hydrogen) atoms. The number of aromatic nitrogens is 2. The average molecular weight is 292 g/mol. The van der Waals surface area contributed by atoms with Gasteiger partial charge in [0.2, 0.25) is 5.95 Å². The molecular formula is C16H28N4O. The van der Waals surface area contributed by atoms with Gasteiger partial charge in [-0.25, -0.2) is 9.97 Å². The van der Waals surface area contributed by atoms with Gasteiger partial charge in [-0.3, -0.25) is 4.79 Å². The lowest BCUT2D eigenvalue weighted by Crippen LogP contribution is -2.31. The molecule has 0 fully saturated rings. The van der Waals surface area contributed by atoms with Crippen molar-refractivity contribution < 1.29 is 4.79 Å². The van der Waals surface area contributed by atoms with E-state index in [4.69, 9.17) is 0 Å². The standard InChI is InChI=1S/C16H28N4O/c1-6-8-20(9-7-2)16-18-13(5)10-14(19-16)15(21)17-11-12(3)4/h10,12H,6-9,11H2,1-5H3,(H,17,21). The average Bonchev–Trinajstić information content (AvgIpc) is 2.43. The molecule has 0 aliphatic heterocycles. The number of rotatable bonds is 8. The zero-order chi connectivity index (χ0) is 15.8. The Morgan fingerprint density at radius 3 is 2.38 bits per heavy atom. The highest BCUT2D eigenvalue weighted by molar-refractivity contribution is 5.92. The Hall–Kier alpha value is -1.65. The molecule has 5 nitrogen and oxygen atoms in total. The van der Waals surface area contributed by atoms with Crippen molar-refractivity contribution in [1.82, 2.24) is 15.3 Å². The van der Waals surface area contributed by atoms with Crippen molar-refractivity contribution in [2.75, 3.05) is 24.5 Å². The number of hydrogen-bond donors (Lipinski definition) is 1. The smallest absolute Gasteiger partial charge is 0.270 e. The van der Waals surface area contributed by atoms with Gasteiger partial charge < -0.3 is 10.2 Å². The Balaban J connectivity index is 2.94. The number of amides is 1. The number of nitrogens with zero attached hydrogens (tertiary/aromatic N) is 3. The first-order chi connectivity index (χ1) is 9.97. The van der Waals surface area contributed by atoms with E-state index in [1.165, 1.54) is 0 Å². The highest BCUT2D eigenvalue weighted by Gasteiger charge is 2.14. The molecule has 1 aromatic heterocycles. The van der Waals surface area contributed by atoms with Crippen LogP contribution in [0.4, 0.5) is 5.95 Å². The minimum Gasteiger partial charge on any atom is -0.350 e. The number of anilines is 1. The maximum Gasteiger partial charge on any atom is 0.270 e. The Morgan fingerprint density at radius 1 is 1.24 bits per heavy atom. The number of hydrogen-bond acceptors (Lipinski definition) is 4. The molecule has 0 radical (unpaired) electrons. The third kappa shape index (κ3) is 5.69. The number of aryl methyl sites for hydroxylation is 1. The summed E-state index contributed by atoms with van der Waals surface area (Å²) in [5, 5.41) is 2.91. The molecule has 0 aliphatic rings. The molecule has 118 valence electrons. The van der Waals surface area contributed by atoms with E-state index in [1.54, 1.807) is 6.07 Å². The highest BCUT2D eigenvalue weighted by atomic mass is 16.1. The SMILES string of the molecule is CCCN(CCC)c1nc(C)cc(C(=O)NCC(C)C)n1. The fourth-order valence-corrected chi connectivity index (χ4v) is 2.05. The van der Waals surface area contributed by atoms with Gasteiger partial charge in [0.15, 0.2) is 0 Å². The topological polar surface area (TPSA) is 58.1 Å². The van der Waals surface area contributed by atoms with Crippen LogP contribution in [0.2, 0.25) is 0 Å². The van der Waals surface area contributed by atoms with Crippen LogP contribution in [0.5, 0.6) is 0 Å².